The summed E-state index contributed by atoms with van der Waals surface area (Å²) in [4.78, 5) is 11.2. The van der Waals surface area contributed by atoms with Crippen molar-refractivity contribution >= 4 is 24.3 Å². The van der Waals surface area contributed by atoms with Crippen LogP contribution >= 0.6 is 0 Å². The van der Waals surface area contributed by atoms with Gasteiger partial charge in [-0.3, -0.25) is 0 Å². The summed E-state index contributed by atoms with van der Waals surface area (Å²) in [5, 5.41) is 9.20. The molecule has 0 bridgehead atoms. The molecule has 0 aromatic heterocycles. The van der Waals surface area contributed by atoms with Crippen LogP contribution in [-0.4, -0.2) is 29.5 Å². The van der Waals surface area contributed by atoms with E-state index in [0.717, 1.165) is 0 Å². The van der Waals surface area contributed by atoms with Crippen LogP contribution in [-0.2, 0) is 4.79 Å². The number of hydrogen-bond donors (Lipinski definition) is 1. The minimum absolute atomic E-state index is 0.524. The topological polar surface area (TPSA) is 37.3 Å². The van der Waals surface area contributed by atoms with Gasteiger partial charge in [-0.25, -0.2) is 0 Å². The number of rotatable bonds is 11. The van der Waals surface area contributed by atoms with Crippen LogP contribution in [0.5, 0.6) is 0 Å². The average molecular weight is 349 g/mol. The maximum atomic E-state index is 11.2. The van der Waals surface area contributed by atoms with E-state index in [4.69, 9.17) is 0 Å². The van der Waals surface area contributed by atoms with Gasteiger partial charge in [0.2, 0.25) is 0 Å². The Morgan fingerprint density at radius 3 is 1.47 bits per heavy atom. The molecule has 0 unspecified atom stereocenters. The monoisotopic (exact) mass is 350 g/mol. The summed E-state index contributed by atoms with van der Waals surface area (Å²) >= 11 is -2.34. The molecule has 3 heteroatoms. The zero-order valence-electron chi connectivity index (χ0n) is 11.9. The van der Waals surface area contributed by atoms with Gasteiger partial charge in [0.25, 0.3) is 0 Å². The number of aliphatic carboxylic acids is 1. The molecule has 0 heterocycles. The van der Waals surface area contributed by atoms with Crippen LogP contribution < -0.4 is 0 Å². The Morgan fingerprint density at radius 2 is 1.24 bits per heavy atom. The second-order valence-electron chi connectivity index (χ2n) is 5.38. The molecule has 0 amide bonds. The molecule has 0 atom stereocenters. The number of unbranched alkanes of at least 4 members (excludes halogenated alkanes) is 3. The molecule has 2 nitrogen and oxygen atoms in total. The number of carboxylic acid groups (broad SMARTS) is 1. The Kier molecular flexibility index (Phi) is 10.4. The van der Waals surface area contributed by atoms with E-state index in [-0.39, 0.29) is 0 Å². The molecule has 102 valence electrons. The van der Waals surface area contributed by atoms with Crippen LogP contribution in [0.3, 0.4) is 0 Å². The quantitative estimate of drug-likeness (QED) is 0.538. The molecular formula is C14H30O2Sn. The third-order valence-electron chi connectivity index (χ3n) is 3.71. The van der Waals surface area contributed by atoms with Gasteiger partial charge in [-0.2, -0.15) is 0 Å². The third-order valence-corrected chi connectivity index (χ3v) is 18.8. The van der Waals surface area contributed by atoms with E-state index in [1.165, 1.54) is 51.8 Å². The van der Waals surface area contributed by atoms with Crippen molar-refractivity contribution in [3.63, 3.8) is 0 Å². The van der Waals surface area contributed by atoms with Gasteiger partial charge in [0.15, 0.2) is 0 Å². The molecule has 0 spiro atoms. The first-order valence-electron chi connectivity index (χ1n) is 7.32. The third kappa shape index (κ3) is 8.06. The molecule has 0 radical (unpaired) electrons. The van der Waals surface area contributed by atoms with Crippen LogP contribution in [0.25, 0.3) is 0 Å². The van der Waals surface area contributed by atoms with E-state index in [1.54, 1.807) is 0 Å². The molecule has 0 aliphatic carbocycles. The fraction of sp³-hybridized carbons (Fsp3) is 0.929. The van der Waals surface area contributed by atoms with Crippen molar-refractivity contribution < 1.29 is 9.90 Å². The van der Waals surface area contributed by atoms with Crippen molar-refractivity contribution in [2.24, 2.45) is 0 Å². The van der Waals surface area contributed by atoms with Gasteiger partial charge >= 0.3 is 111 Å². The number of hydrogen-bond acceptors (Lipinski definition) is 1. The standard InChI is InChI=1S/3C4H9.C2H3O2.Sn/c3*1-3-4-2;1-2(3)4;/h3*1,3-4H2,2H3;1H2,(H,3,4);. The van der Waals surface area contributed by atoms with Gasteiger partial charge in [-0.15, -0.1) is 0 Å². The Labute approximate surface area is 111 Å². The maximum absolute atomic E-state index is 11.2. The molecule has 0 fully saturated rings. The first-order chi connectivity index (χ1) is 8.10. The first-order valence-corrected chi connectivity index (χ1v) is 15.4. The fourth-order valence-corrected chi connectivity index (χ4v) is 17.6. The summed E-state index contributed by atoms with van der Waals surface area (Å²) in [5.41, 5.74) is 0. The van der Waals surface area contributed by atoms with Gasteiger partial charge in [-0.05, 0) is 0 Å². The second kappa shape index (κ2) is 10.2. The van der Waals surface area contributed by atoms with Crippen molar-refractivity contribution in [1.82, 2.24) is 0 Å². The summed E-state index contributed by atoms with van der Waals surface area (Å²) in [6.45, 7) is 6.66. The molecule has 0 rings (SSSR count). The Morgan fingerprint density at radius 1 is 0.882 bits per heavy atom. The van der Waals surface area contributed by atoms with Crippen LogP contribution in [0.4, 0.5) is 0 Å². The van der Waals surface area contributed by atoms with E-state index in [1.807, 2.05) is 0 Å². The Hall–Kier alpha value is 0.269. The van der Waals surface area contributed by atoms with Crippen molar-refractivity contribution in [2.75, 3.05) is 0 Å². The predicted octanol–water partition coefficient (Wildman–Crippen LogP) is 4.92. The predicted molar refractivity (Wildman–Crippen MR) is 77.3 cm³/mol. The zero-order chi connectivity index (χ0) is 13.1. The molecule has 0 aromatic carbocycles. The van der Waals surface area contributed by atoms with E-state index in [2.05, 4.69) is 20.8 Å². The van der Waals surface area contributed by atoms with Gasteiger partial charge in [0.05, 0.1) is 0 Å². The fourth-order valence-electron chi connectivity index (χ4n) is 2.62. The van der Waals surface area contributed by atoms with Crippen LogP contribution in [0.15, 0.2) is 0 Å². The van der Waals surface area contributed by atoms with Crippen molar-refractivity contribution in [1.29, 1.82) is 0 Å². The molecule has 17 heavy (non-hydrogen) atoms. The SMILES string of the molecule is CCC[CH2][Sn]([CH2]CCC)([CH2]CCC)[CH2]C(=O)O. The van der Waals surface area contributed by atoms with Crippen LogP contribution in [0.1, 0.15) is 59.3 Å². The molecule has 0 saturated heterocycles. The molecule has 0 aliphatic rings. The second-order valence-corrected chi connectivity index (χ2v) is 19.2. The van der Waals surface area contributed by atoms with E-state index < -0.39 is 24.3 Å². The Bertz CT molecular complexity index is 183. The normalized spacial score (nSPS) is 11.7. The summed E-state index contributed by atoms with van der Waals surface area (Å²) in [6.07, 6.45) is 7.44. The number of carboxylic acids is 1. The molecule has 0 aliphatic heterocycles. The van der Waals surface area contributed by atoms with Crippen LogP contribution in [0.2, 0.25) is 17.7 Å². The van der Waals surface area contributed by atoms with E-state index >= 15 is 0 Å². The molecule has 0 aromatic rings. The van der Waals surface area contributed by atoms with Crippen molar-refractivity contribution in [3.8, 4) is 0 Å². The van der Waals surface area contributed by atoms with E-state index in [9.17, 15) is 9.90 Å². The summed E-state index contributed by atoms with van der Waals surface area (Å²) < 4.78 is 4.49. The first kappa shape index (κ1) is 17.3. The van der Waals surface area contributed by atoms with Crippen molar-refractivity contribution in [3.05, 3.63) is 0 Å². The molecule has 0 saturated carbocycles. The van der Waals surface area contributed by atoms with Crippen LogP contribution in [0, 0.1) is 0 Å². The Balaban J connectivity index is 4.56. The molecule has 1 N–H and O–H groups in total. The minimum atomic E-state index is -2.34. The average Bonchev–Trinajstić information content (AvgIpc) is 2.30. The zero-order valence-corrected chi connectivity index (χ0v) is 14.8. The van der Waals surface area contributed by atoms with Gasteiger partial charge in [-0.1, -0.05) is 0 Å². The molecular weight excluding hydrogens is 319 g/mol. The van der Waals surface area contributed by atoms with Gasteiger partial charge in [0, 0.05) is 0 Å². The summed E-state index contributed by atoms with van der Waals surface area (Å²) in [5.74, 6) is -0.524. The van der Waals surface area contributed by atoms with Gasteiger partial charge < -0.3 is 0 Å². The summed E-state index contributed by atoms with van der Waals surface area (Å²) in [7, 11) is 0. The van der Waals surface area contributed by atoms with Gasteiger partial charge in [0.1, 0.15) is 0 Å². The van der Waals surface area contributed by atoms with Crippen molar-refractivity contribution in [2.45, 2.75) is 77.0 Å². The van der Waals surface area contributed by atoms with E-state index in [0.29, 0.717) is 4.44 Å². The number of carbonyl (C=O) groups is 1. The summed E-state index contributed by atoms with van der Waals surface area (Å²) in [6, 6.07) is 0.